The van der Waals surface area contributed by atoms with Crippen molar-refractivity contribution in [3.63, 3.8) is 0 Å². The van der Waals surface area contributed by atoms with Gasteiger partial charge in [-0.25, -0.2) is 22.7 Å². The van der Waals surface area contributed by atoms with Crippen molar-refractivity contribution in [2.75, 3.05) is 0 Å². The Morgan fingerprint density at radius 3 is 2.68 bits per heavy atom. The van der Waals surface area contributed by atoms with E-state index in [1.165, 1.54) is 0 Å². The Bertz CT molecular complexity index is 1450. The van der Waals surface area contributed by atoms with E-state index < -0.39 is 17.5 Å². The molecule has 2 bridgehead atoms. The summed E-state index contributed by atoms with van der Waals surface area (Å²) < 4.78 is 44.7. The van der Waals surface area contributed by atoms with Gasteiger partial charge in [0.25, 0.3) is 5.91 Å². The fourth-order valence-corrected chi connectivity index (χ4v) is 5.57. The van der Waals surface area contributed by atoms with Crippen LogP contribution in [0.15, 0.2) is 30.5 Å². The molecule has 3 aromatic heterocycles. The highest BCUT2D eigenvalue weighted by atomic mass is 19.2. The van der Waals surface area contributed by atoms with Crippen LogP contribution in [0.5, 0.6) is 0 Å². The molecule has 0 N–H and O–H groups in total. The number of amides is 1. The Hall–Kier alpha value is -3.69. The normalized spacial score (nSPS) is 19.5. The third-order valence-electron chi connectivity index (χ3n) is 6.94. The van der Waals surface area contributed by atoms with E-state index in [1.54, 1.807) is 41.5 Å². The number of aryl methyl sites for hydroxylation is 2. The van der Waals surface area contributed by atoms with Crippen LogP contribution in [0, 0.1) is 24.4 Å². The number of carbonyl (C=O) groups is 1. The van der Waals surface area contributed by atoms with Crippen molar-refractivity contribution in [3.8, 4) is 11.3 Å². The molecular weight excluding hydrogens is 445 g/mol. The van der Waals surface area contributed by atoms with E-state index in [0.717, 1.165) is 37.0 Å². The summed E-state index contributed by atoms with van der Waals surface area (Å²) in [6.07, 6.45) is 4.57. The summed E-state index contributed by atoms with van der Waals surface area (Å²) in [5, 5.41) is 9.00. The van der Waals surface area contributed by atoms with Crippen molar-refractivity contribution < 1.29 is 18.0 Å². The summed E-state index contributed by atoms with van der Waals surface area (Å²) in [5.41, 5.74) is 3.97. The first-order chi connectivity index (χ1) is 16.3. The topological polar surface area (TPSA) is 68.3 Å². The Morgan fingerprint density at radius 2 is 1.91 bits per heavy atom. The third kappa shape index (κ3) is 2.90. The minimum absolute atomic E-state index is 0.106. The van der Waals surface area contributed by atoms with Crippen LogP contribution in [0.25, 0.3) is 16.9 Å². The number of halogens is 3. The Kier molecular flexibility index (Phi) is 4.55. The molecule has 0 unspecified atom stereocenters. The van der Waals surface area contributed by atoms with Crippen LogP contribution >= 0.6 is 0 Å². The van der Waals surface area contributed by atoms with E-state index in [1.807, 2.05) is 4.90 Å². The SMILES string of the molecule is Cc1nc2cccnn2c1C(=O)N1[C@@H]2CCC[C@H]1c1nn(C)c(-c3cc(F)c(F)c(F)c3)c1C2. The van der Waals surface area contributed by atoms with Gasteiger partial charge in [0.15, 0.2) is 28.8 Å². The molecule has 174 valence electrons. The van der Waals surface area contributed by atoms with Crippen LogP contribution in [0.3, 0.4) is 0 Å². The van der Waals surface area contributed by atoms with Gasteiger partial charge in [-0.3, -0.25) is 9.48 Å². The van der Waals surface area contributed by atoms with Gasteiger partial charge in [0, 0.05) is 30.4 Å². The average molecular weight is 466 g/mol. The second kappa shape index (κ2) is 7.41. The van der Waals surface area contributed by atoms with E-state index in [9.17, 15) is 18.0 Å². The van der Waals surface area contributed by atoms with Crippen molar-refractivity contribution in [1.29, 1.82) is 0 Å². The molecule has 2 aliphatic heterocycles. The van der Waals surface area contributed by atoms with Gasteiger partial charge < -0.3 is 4.90 Å². The molecule has 0 saturated carbocycles. The maximum Gasteiger partial charge on any atom is 0.275 e. The van der Waals surface area contributed by atoms with Crippen LogP contribution in [0.1, 0.15) is 52.7 Å². The first-order valence-electron chi connectivity index (χ1n) is 11.2. The average Bonchev–Trinajstić information content (AvgIpc) is 3.31. The summed E-state index contributed by atoms with van der Waals surface area (Å²) in [4.78, 5) is 20.2. The molecule has 0 radical (unpaired) electrons. The highest BCUT2D eigenvalue weighted by molar-refractivity contribution is 5.95. The van der Waals surface area contributed by atoms with Gasteiger partial charge in [-0.15, -0.1) is 0 Å². The van der Waals surface area contributed by atoms with Crippen molar-refractivity contribution in [2.45, 2.75) is 44.7 Å². The lowest BCUT2D eigenvalue weighted by molar-refractivity contribution is 0.0382. The molecule has 6 rings (SSSR count). The second-order valence-electron chi connectivity index (χ2n) is 8.95. The lowest BCUT2D eigenvalue weighted by atomic mass is 9.81. The zero-order valence-corrected chi connectivity index (χ0v) is 18.6. The van der Waals surface area contributed by atoms with Gasteiger partial charge in [0.2, 0.25) is 0 Å². The second-order valence-corrected chi connectivity index (χ2v) is 8.95. The van der Waals surface area contributed by atoms with E-state index >= 15 is 0 Å². The minimum atomic E-state index is -1.49. The molecule has 4 aromatic rings. The number of imidazole rings is 1. The van der Waals surface area contributed by atoms with Gasteiger partial charge in [-0.05, 0) is 56.9 Å². The fraction of sp³-hybridized carbons (Fsp3) is 0.333. The number of fused-ring (bicyclic) bond motifs is 5. The van der Waals surface area contributed by atoms with Gasteiger partial charge in [0.1, 0.15) is 0 Å². The number of piperidine rings is 1. The van der Waals surface area contributed by atoms with Crippen molar-refractivity contribution in [1.82, 2.24) is 29.3 Å². The smallest absolute Gasteiger partial charge is 0.275 e. The maximum atomic E-state index is 14.0. The number of hydrogen-bond donors (Lipinski definition) is 0. The van der Waals surface area contributed by atoms with Crippen LogP contribution in [0.2, 0.25) is 0 Å². The summed E-state index contributed by atoms with van der Waals surface area (Å²) in [5.74, 6) is -4.14. The Morgan fingerprint density at radius 1 is 1.15 bits per heavy atom. The molecule has 10 heteroatoms. The fourth-order valence-electron chi connectivity index (χ4n) is 5.57. The van der Waals surface area contributed by atoms with Crippen LogP contribution in [-0.2, 0) is 13.5 Å². The molecule has 1 amide bonds. The van der Waals surface area contributed by atoms with Crippen LogP contribution < -0.4 is 0 Å². The number of hydrogen-bond acceptors (Lipinski definition) is 4. The predicted molar refractivity (Wildman–Crippen MR) is 116 cm³/mol. The first kappa shape index (κ1) is 20.9. The van der Waals surface area contributed by atoms with Gasteiger partial charge in [-0.2, -0.15) is 10.2 Å². The van der Waals surface area contributed by atoms with E-state index in [2.05, 4.69) is 15.2 Å². The van der Waals surface area contributed by atoms with Crippen molar-refractivity contribution in [2.24, 2.45) is 7.05 Å². The lowest BCUT2D eigenvalue weighted by Gasteiger charge is -2.45. The molecule has 2 atom stereocenters. The monoisotopic (exact) mass is 466 g/mol. The standard InChI is InChI=1S/C24H21F3N6O/c1-12-22(33-19(29-12)7-4-8-28-33)24(34)32-14-5-3-6-18(32)21-15(11-14)23(31(2)30-21)13-9-16(25)20(27)17(26)10-13/h4,7-10,14,18H,3,5-6,11H2,1-2H3/t14-,18+/m1/s1. The van der Waals surface area contributed by atoms with Gasteiger partial charge in [-0.1, -0.05) is 0 Å². The summed E-state index contributed by atoms with van der Waals surface area (Å²) in [7, 11) is 1.70. The molecule has 0 aliphatic carbocycles. The number of benzene rings is 1. The number of carbonyl (C=O) groups excluding carboxylic acids is 1. The molecule has 1 saturated heterocycles. The zero-order chi connectivity index (χ0) is 23.7. The van der Waals surface area contributed by atoms with E-state index in [-0.39, 0.29) is 23.6 Å². The first-order valence-corrected chi connectivity index (χ1v) is 11.2. The van der Waals surface area contributed by atoms with Crippen molar-refractivity contribution >= 4 is 11.6 Å². The Labute approximate surface area is 192 Å². The molecule has 34 heavy (non-hydrogen) atoms. The minimum Gasteiger partial charge on any atom is -0.325 e. The Balaban J connectivity index is 1.46. The molecule has 5 heterocycles. The van der Waals surface area contributed by atoms with Gasteiger partial charge >= 0.3 is 0 Å². The molecular formula is C24H21F3N6O. The number of rotatable bonds is 2. The largest absolute Gasteiger partial charge is 0.325 e. The highest BCUT2D eigenvalue weighted by Crippen LogP contribution is 2.45. The van der Waals surface area contributed by atoms with Crippen LogP contribution in [-0.4, -0.2) is 41.2 Å². The maximum absolute atomic E-state index is 14.0. The van der Waals surface area contributed by atoms with E-state index in [4.69, 9.17) is 0 Å². The molecule has 0 spiro atoms. The lowest BCUT2D eigenvalue weighted by Crippen LogP contribution is -2.50. The molecule has 1 aromatic carbocycles. The summed E-state index contributed by atoms with van der Waals surface area (Å²) >= 11 is 0. The van der Waals surface area contributed by atoms with Crippen LogP contribution in [0.4, 0.5) is 13.2 Å². The van der Waals surface area contributed by atoms with E-state index in [0.29, 0.717) is 34.8 Å². The molecule has 7 nitrogen and oxygen atoms in total. The highest BCUT2D eigenvalue weighted by Gasteiger charge is 2.44. The summed E-state index contributed by atoms with van der Waals surface area (Å²) in [6.45, 7) is 1.80. The molecule has 2 aliphatic rings. The van der Waals surface area contributed by atoms with Gasteiger partial charge in [0.05, 0.1) is 23.1 Å². The quantitative estimate of drug-likeness (QED) is 0.417. The predicted octanol–water partition coefficient (Wildman–Crippen LogP) is 4.15. The third-order valence-corrected chi connectivity index (χ3v) is 6.94. The van der Waals surface area contributed by atoms with Crippen molar-refractivity contribution in [3.05, 3.63) is 70.6 Å². The number of nitrogens with zero attached hydrogens (tertiary/aromatic N) is 6. The summed E-state index contributed by atoms with van der Waals surface area (Å²) in [6, 6.07) is 5.18. The number of aromatic nitrogens is 5. The molecule has 1 fully saturated rings. The zero-order valence-electron chi connectivity index (χ0n) is 18.6.